The number of hydrogen-bond donors (Lipinski definition) is 2. The molecule has 0 atom stereocenters. The first kappa shape index (κ1) is 17.8. The van der Waals surface area contributed by atoms with Crippen LogP contribution >= 0.6 is 11.3 Å². The number of rotatable bonds is 5. The van der Waals surface area contributed by atoms with Gasteiger partial charge in [-0.1, -0.05) is 42.5 Å². The number of primary amides is 1. The molecule has 0 saturated heterocycles. The van der Waals surface area contributed by atoms with Crippen LogP contribution in [-0.2, 0) is 6.42 Å². The van der Waals surface area contributed by atoms with E-state index in [1.165, 1.54) is 22.5 Å². The highest BCUT2D eigenvalue weighted by Crippen LogP contribution is 2.36. The van der Waals surface area contributed by atoms with E-state index >= 15 is 0 Å². The Hall–Kier alpha value is -2.99. The van der Waals surface area contributed by atoms with Crippen molar-refractivity contribution < 1.29 is 4.79 Å². The predicted octanol–water partition coefficient (Wildman–Crippen LogP) is 3.65. The molecular formula is C20H20N4OS. The third-order valence-corrected chi connectivity index (χ3v) is 5.27. The first-order valence-electron chi connectivity index (χ1n) is 8.20. The molecule has 26 heavy (non-hydrogen) atoms. The topological polar surface area (TPSA) is 94.9 Å². The molecule has 0 aromatic carbocycles. The van der Waals surface area contributed by atoms with Gasteiger partial charge in [0.2, 0.25) is 0 Å². The summed E-state index contributed by atoms with van der Waals surface area (Å²) < 4.78 is 0.749. The molecule has 4 N–H and O–H groups in total. The Morgan fingerprint density at radius 2 is 2.15 bits per heavy atom. The number of nitrogens with two attached hydrogens (primary N) is 2. The molecule has 0 unspecified atom stereocenters. The average molecular weight is 364 g/mol. The molecule has 2 aromatic heterocycles. The van der Waals surface area contributed by atoms with Gasteiger partial charge in [0.05, 0.1) is 10.4 Å². The van der Waals surface area contributed by atoms with E-state index in [1.54, 1.807) is 12.2 Å². The summed E-state index contributed by atoms with van der Waals surface area (Å²) in [4.78, 5) is 12.8. The maximum Gasteiger partial charge on any atom is 0.270 e. The molecule has 132 valence electrons. The van der Waals surface area contributed by atoms with Crippen molar-refractivity contribution in [2.45, 2.75) is 19.8 Å². The van der Waals surface area contributed by atoms with Gasteiger partial charge in [-0.3, -0.25) is 4.79 Å². The Morgan fingerprint density at radius 1 is 1.35 bits per heavy atom. The van der Waals surface area contributed by atoms with Gasteiger partial charge in [0.25, 0.3) is 5.91 Å². The Kier molecular flexibility index (Phi) is 5.14. The second-order valence-corrected chi connectivity index (χ2v) is 7.13. The molecule has 1 aliphatic rings. The minimum Gasteiger partial charge on any atom is -0.402 e. The van der Waals surface area contributed by atoms with Gasteiger partial charge in [-0.2, -0.15) is 5.10 Å². The third kappa shape index (κ3) is 3.65. The van der Waals surface area contributed by atoms with Crippen molar-refractivity contribution >= 4 is 32.9 Å². The fourth-order valence-corrected chi connectivity index (χ4v) is 3.96. The zero-order chi connectivity index (χ0) is 18.7. The standard InChI is InChI=1S/C20H20N4OS/c1-3-5-14(21)10-16-15-11-17(13-7-4-6-12(2)8-9-13)26-19(15)18(20(22)25)24-23-16/h3-6,8-9,11H,1,7,10,21H2,2H3,(H2,22,25)/b14-5-. The van der Waals surface area contributed by atoms with Crippen LogP contribution in [0.1, 0.15) is 34.4 Å². The lowest BCUT2D eigenvalue weighted by molar-refractivity contribution is 0.0996. The fourth-order valence-electron chi connectivity index (χ4n) is 2.75. The highest BCUT2D eigenvalue weighted by atomic mass is 32.1. The number of allylic oxidation sites excluding steroid dienone is 9. The number of nitrogens with zero attached hydrogens (tertiary/aromatic N) is 2. The van der Waals surface area contributed by atoms with Crippen LogP contribution in [0.2, 0.25) is 0 Å². The van der Waals surface area contributed by atoms with Crippen molar-refractivity contribution in [1.29, 1.82) is 0 Å². The molecule has 2 heterocycles. The van der Waals surface area contributed by atoms with Crippen molar-refractivity contribution in [3.63, 3.8) is 0 Å². The van der Waals surface area contributed by atoms with Gasteiger partial charge in [-0.15, -0.1) is 16.4 Å². The summed E-state index contributed by atoms with van der Waals surface area (Å²) >= 11 is 1.51. The average Bonchev–Trinajstić information content (AvgIpc) is 2.92. The highest BCUT2D eigenvalue weighted by Gasteiger charge is 2.18. The van der Waals surface area contributed by atoms with Gasteiger partial charge in [0.15, 0.2) is 5.69 Å². The lowest BCUT2D eigenvalue weighted by Gasteiger charge is -2.03. The van der Waals surface area contributed by atoms with Crippen LogP contribution in [0.15, 0.2) is 60.4 Å². The van der Waals surface area contributed by atoms with E-state index in [-0.39, 0.29) is 5.69 Å². The Labute approximate surface area is 156 Å². The Balaban J connectivity index is 2.15. The monoisotopic (exact) mass is 364 g/mol. The van der Waals surface area contributed by atoms with Crippen molar-refractivity contribution in [2.75, 3.05) is 0 Å². The van der Waals surface area contributed by atoms with Crippen LogP contribution < -0.4 is 11.5 Å². The molecule has 3 rings (SSSR count). The zero-order valence-corrected chi connectivity index (χ0v) is 15.3. The quantitative estimate of drug-likeness (QED) is 0.792. The normalized spacial score (nSPS) is 14.7. The summed E-state index contributed by atoms with van der Waals surface area (Å²) in [7, 11) is 0. The summed E-state index contributed by atoms with van der Waals surface area (Å²) in [6, 6.07) is 2.05. The van der Waals surface area contributed by atoms with Crippen molar-refractivity contribution in [1.82, 2.24) is 10.2 Å². The summed E-state index contributed by atoms with van der Waals surface area (Å²) in [5.74, 6) is -0.581. The van der Waals surface area contributed by atoms with Gasteiger partial charge < -0.3 is 11.5 Å². The molecule has 5 nitrogen and oxygen atoms in total. The van der Waals surface area contributed by atoms with E-state index in [0.717, 1.165) is 27.1 Å². The number of carbonyl (C=O) groups excluding carboxylic acids is 1. The van der Waals surface area contributed by atoms with E-state index in [1.807, 2.05) is 6.07 Å². The Morgan fingerprint density at radius 3 is 2.88 bits per heavy atom. The van der Waals surface area contributed by atoms with Gasteiger partial charge in [-0.05, 0) is 31.1 Å². The fraction of sp³-hybridized carbons (Fsp3) is 0.150. The summed E-state index contributed by atoms with van der Waals surface area (Å²) in [5, 5.41) is 9.10. The lowest BCUT2D eigenvalue weighted by atomic mass is 10.1. The van der Waals surface area contributed by atoms with Crippen LogP contribution in [0.25, 0.3) is 15.7 Å². The first-order valence-corrected chi connectivity index (χ1v) is 9.01. The molecule has 1 amide bonds. The van der Waals surface area contributed by atoms with Gasteiger partial charge in [-0.25, -0.2) is 0 Å². The van der Waals surface area contributed by atoms with E-state index < -0.39 is 5.91 Å². The van der Waals surface area contributed by atoms with Crippen LogP contribution in [0.4, 0.5) is 0 Å². The number of amides is 1. The summed E-state index contributed by atoms with van der Waals surface area (Å²) in [6.07, 6.45) is 13.0. The smallest absolute Gasteiger partial charge is 0.270 e. The SMILES string of the molecule is C=C/C=C(\N)Cc1nnc(C(N)=O)c2sc(C3=CC=C(C)C=CC3)cc12. The van der Waals surface area contributed by atoms with E-state index in [0.29, 0.717) is 12.1 Å². The molecule has 0 spiro atoms. The minimum absolute atomic E-state index is 0.197. The van der Waals surface area contributed by atoms with Crippen LogP contribution in [0, 0.1) is 0 Å². The molecule has 0 saturated carbocycles. The van der Waals surface area contributed by atoms with E-state index in [4.69, 9.17) is 11.5 Å². The first-order chi connectivity index (χ1) is 12.5. The number of fused-ring (bicyclic) bond motifs is 1. The molecule has 0 bridgehead atoms. The van der Waals surface area contributed by atoms with Gasteiger partial charge in [0.1, 0.15) is 0 Å². The predicted molar refractivity (Wildman–Crippen MR) is 108 cm³/mol. The number of carbonyl (C=O) groups is 1. The van der Waals surface area contributed by atoms with E-state index in [2.05, 4.69) is 48.0 Å². The second kappa shape index (κ2) is 7.49. The molecule has 2 aromatic rings. The van der Waals surface area contributed by atoms with Crippen molar-refractivity contribution in [2.24, 2.45) is 11.5 Å². The molecule has 0 aliphatic heterocycles. The second-order valence-electron chi connectivity index (χ2n) is 6.08. The van der Waals surface area contributed by atoms with Crippen molar-refractivity contribution in [3.05, 3.63) is 76.6 Å². The lowest BCUT2D eigenvalue weighted by Crippen LogP contribution is -2.15. The summed E-state index contributed by atoms with van der Waals surface area (Å²) in [5.41, 5.74) is 15.4. The molecule has 6 heteroatoms. The van der Waals surface area contributed by atoms with Crippen molar-refractivity contribution in [3.8, 4) is 0 Å². The largest absolute Gasteiger partial charge is 0.402 e. The van der Waals surface area contributed by atoms with E-state index in [9.17, 15) is 4.79 Å². The maximum absolute atomic E-state index is 11.8. The molecule has 0 fully saturated rings. The molecule has 0 radical (unpaired) electrons. The third-order valence-electron chi connectivity index (χ3n) is 4.05. The number of hydrogen-bond acceptors (Lipinski definition) is 5. The van der Waals surface area contributed by atoms with Crippen LogP contribution in [0.5, 0.6) is 0 Å². The van der Waals surface area contributed by atoms with Crippen LogP contribution in [0.3, 0.4) is 0 Å². The maximum atomic E-state index is 11.8. The molecule has 1 aliphatic carbocycles. The van der Waals surface area contributed by atoms with Gasteiger partial charge >= 0.3 is 0 Å². The number of thiophene rings is 1. The highest BCUT2D eigenvalue weighted by molar-refractivity contribution is 7.20. The minimum atomic E-state index is -0.581. The summed E-state index contributed by atoms with van der Waals surface area (Å²) in [6.45, 7) is 5.71. The Bertz CT molecular complexity index is 1010. The zero-order valence-electron chi connectivity index (χ0n) is 14.5. The van der Waals surface area contributed by atoms with Crippen LogP contribution in [-0.4, -0.2) is 16.1 Å². The van der Waals surface area contributed by atoms with Gasteiger partial charge in [0, 0.05) is 22.4 Å². The number of aromatic nitrogens is 2. The molecular weight excluding hydrogens is 344 g/mol.